The van der Waals surface area contributed by atoms with Crippen LogP contribution < -0.4 is 10.6 Å². The van der Waals surface area contributed by atoms with E-state index in [4.69, 9.17) is 0 Å². The number of nitrogens with zero attached hydrogens (tertiary/aromatic N) is 1. The number of nitro benzene ring substituents is 1. The smallest absolute Gasteiger partial charge is 0.269 e. The average molecular weight is 289 g/mol. The van der Waals surface area contributed by atoms with Gasteiger partial charge in [-0.3, -0.25) is 14.9 Å². The van der Waals surface area contributed by atoms with Gasteiger partial charge in [0.1, 0.15) is 0 Å². The molecule has 1 aromatic carbocycles. The van der Waals surface area contributed by atoms with Gasteiger partial charge in [-0.15, -0.1) is 0 Å². The average Bonchev–Trinajstić information content (AvgIpc) is 2.45. The summed E-state index contributed by atoms with van der Waals surface area (Å²) in [6, 6.07) is 6.71. The topological polar surface area (TPSA) is 84.3 Å². The highest BCUT2D eigenvalue weighted by atomic mass is 16.6. The van der Waals surface area contributed by atoms with Crippen molar-refractivity contribution in [2.24, 2.45) is 0 Å². The fraction of sp³-hybridized carbons (Fsp3) is 0.400. The first-order valence-electron chi connectivity index (χ1n) is 7.01. The summed E-state index contributed by atoms with van der Waals surface area (Å²) in [6.07, 6.45) is 4.98. The van der Waals surface area contributed by atoms with Crippen LogP contribution in [0.15, 0.2) is 30.3 Å². The first kappa shape index (κ1) is 15.2. The number of carbonyl (C=O) groups excluding carboxylic acids is 1. The van der Waals surface area contributed by atoms with E-state index in [1.807, 2.05) is 0 Å². The predicted octanol–water partition coefficient (Wildman–Crippen LogP) is 1.86. The number of amides is 1. The minimum atomic E-state index is -0.446. The van der Waals surface area contributed by atoms with Gasteiger partial charge < -0.3 is 10.6 Å². The highest BCUT2D eigenvalue weighted by Crippen LogP contribution is 2.13. The molecule has 1 heterocycles. The quantitative estimate of drug-likeness (QED) is 0.503. The number of rotatable bonds is 4. The predicted molar refractivity (Wildman–Crippen MR) is 80.8 cm³/mol. The van der Waals surface area contributed by atoms with Gasteiger partial charge in [0, 0.05) is 30.3 Å². The molecule has 0 saturated carbocycles. The van der Waals surface area contributed by atoms with Gasteiger partial charge in [-0.1, -0.05) is 0 Å². The number of nitro groups is 1. The Morgan fingerprint density at radius 2 is 2.14 bits per heavy atom. The third-order valence-corrected chi connectivity index (χ3v) is 3.50. The molecule has 1 amide bonds. The second-order valence-electron chi connectivity index (χ2n) is 5.27. The normalized spacial score (nSPS) is 22.1. The number of nitrogens with one attached hydrogen (secondary N) is 2. The van der Waals surface area contributed by atoms with E-state index in [1.165, 1.54) is 18.2 Å². The molecule has 0 bridgehead atoms. The molecule has 2 atom stereocenters. The summed E-state index contributed by atoms with van der Waals surface area (Å²) in [7, 11) is 0. The van der Waals surface area contributed by atoms with Crippen molar-refractivity contribution in [2.75, 3.05) is 6.54 Å². The Morgan fingerprint density at radius 1 is 1.43 bits per heavy atom. The van der Waals surface area contributed by atoms with Crippen molar-refractivity contribution in [1.29, 1.82) is 0 Å². The van der Waals surface area contributed by atoms with Crippen LogP contribution in [0.25, 0.3) is 6.08 Å². The Bertz CT molecular complexity index is 540. The van der Waals surface area contributed by atoms with E-state index in [1.54, 1.807) is 18.2 Å². The van der Waals surface area contributed by atoms with E-state index >= 15 is 0 Å². The van der Waals surface area contributed by atoms with Gasteiger partial charge in [0.05, 0.1) is 4.92 Å². The number of non-ortho nitro benzene ring substituents is 1. The van der Waals surface area contributed by atoms with Crippen molar-refractivity contribution in [3.63, 3.8) is 0 Å². The summed E-state index contributed by atoms with van der Waals surface area (Å²) in [5.74, 6) is -0.132. The van der Waals surface area contributed by atoms with Crippen molar-refractivity contribution < 1.29 is 9.72 Å². The number of carbonyl (C=O) groups is 1. The van der Waals surface area contributed by atoms with Gasteiger partial charge in [-0.25, -0.2) is 0 Å². The lowest BCUT2D eigenvalue weighted by Gasteiger charge is -2.28. The molecule has 21 heavy (non-hydrogen) atoms. The zero-order chi connectivity index (χ0) is 15.2. The highest BCUT2D eigenvalue weighted by molar-refractivity contribution is 5.91. The maximum absolute atomic E-state index is 11.8. The zero-order valence-corrected chi connectivity index (χ0v) is 11.9. The summed E-state index contributed by atoms with van der Waals surface area (Å²) >= 11 is 0. The Balaban J connectivity index is 1.88. The maximum Gasteiger partial charge on any atom is 0.269 e. The third kappa shape index (κ3) is 4.68. The van der Waals surface area contributed by atoms with Crippen LogP contribution in [-0.2, 0) is 4.79 Å². The number of hydrogen-bond donors (Lipinski definition) is 2. The molecular weight excluding hydrogens is 270 g/mol. The summed E-state index contributed by atoms with van der Waals surface area (Å²) in [6.45, 7) is 3.02. The Kier molecular flexibility index (Phi) is 5.05. The summed E-state index contributed by atoms with van der Waals surface area (Å²) in [5, 5.41) is 16.9. The Hall–Kier alpha value is -2.21. The van der Waals surface area contributed by atoms with Crippen molar-refractivity contribution in [2.45, 2.75) is 31.8 Å². The number of benzene rings is 1. The minimum Gasteiger partial charge on any atom is -0.350 e. The van der Waals surface area contributed by atoms with E-state index in [0.29, 0.717) is 6.04 Å². The molecule has 0 radical (unpaired) electrons. The van der Waals surface area contributed by atoms with E-state index in [2.05, 4.69) is 17.6 Å². The van der Waals surface area contributed by atoms with Gasteiger partial charge in [0.15, 0.2) is 0 Å². The molecule has 2 unspecified atom stereocenters. The van der Waals surface area contributed by atoms with E-state index in [9.17, 15) is 14.9 Å². The fourth-order valence-electron chi connectivity index (χ4n) is 2.39. The van der Waals surface area contributed by atoms with Crippen LogP contribution in [0.2, 0.25) is 0 Å². The molecule has 1 aromatic rings. The van der Waals surface area contributed by atoms with Crippen molar-refractivity contribution in [3.8, 4) is 0 Å². The Labute approximate surface area is 123 Å². The molecule has 6 nitrogen and oxygen atoms in total. The molecule has 0 spiro atoms. The van der Waals surface area contributed by atoms with Gasteiger partial charge in [-0.2, -0.15) is 0 Å². The monoisotopic (exact) mass is 289 g/mol. The molecular formula is C15H19N3O3. The first-order valence-corrected chi connectivity index (χ1v) is 7.01. The molecule has 112 valence electrons. The molecule has 2 N–H and O–H groups in total. The number of hydrogen-bond acceptors (Lipinski definition) is 4. The molecule has 1 fully saturated rings. The Morgan fingerprint density at radius 3 is 2.76 bits per heavy atom. The van der Waals surface area contributed by atoms with Crippen LogP contribution >= 0.6 is 0 Å². The van der Waals surface area contributed by atoms with Crippen LogP contribution in [0.1, 0.15) is 25.3 Å². The van der Waals surface area contributed by atoms with Crippen LogP contribution in [-0.4, -0.2) is 29.5 Å². The third-order valence-electron chi connectivity index (χ3n) is 3.50. The largest absolute Gasteiger partial charge is 0.350 e. The molecule has 1 aliphatic rings. The molecule has 0 aliphatic carbocycles. The second kappa shape index (κ2) is 6.99. The summed E-state index contributed by atoms with van der Waals surface area (Å²) < 4.78 is 0. The molecule has 1 aliphatic heterocycles. The van der Waals surface area contributed by atoms with Crippen LogP contribution in [0.4, 0.5) is 5.69 Å². The first-order chi connectivity index (χ1) is 10.0. The molecule has 1 saturated heterocycles. The highest BCUT2D eigenvalue weighted by Gasteiger charge is 2.18. The fourth-order valence-corrected chi connectivity index (χ4v) is 2.39. The lowest BCUT2D eigenvalue weighted by molar-refractivity contribution is -0.384. The number of piperidine rings is 1. The van der Waals surface area contributed by atoms with Gasteiger partial charge in [-0.05, 0) is 50.1 Å². The van der Waals surface area contributed by atoms with Crippen LogP contribution in [0.3, 0.4) is 0 Å². The van der Waals surface area contributed by atoms with E-state index in [-0.39, 0.29) is 17.6 Å². The van der Waals surface area contributed by atoms with E-state index < -0.39 is 4.92 Å². The van der Waals surface area contributed by atoms with E-state index in [0.717, 1.165) is 24.9 Å². The van der Waals surface area contributed by atoms with Gasteiger partial charge in [0.2, 0.25) is 5.91 Å². The zero-order valence-electron chi connectivity index (χ0n) is 11.9. The van der Waals surface area contributed by atoms with Crippen LogP contribution in [0.5, 0.6) is 0 Å². The lowest BCUT2D eigenvalue weighted by atomic mass is 10.0. The standard InChI is InChI=1S/C15H19N3O3/c1-11-10-13(8-9-16-11)17-15(19)7-4-12-2-5-14(6-3-12)18(20)21/h2-7,11,13,16H,8-10H2,1H3,(H,17,19)/b7-4+. The molecule has 6 heteroatoms. The second-order valence-corrected chi connectivity index (χ2v) is 5.27. The summed E-state index contributed by atoms with van der Waals surface area (Å²) in [5.41, 5.74) is 0.801. The summed E-state index contributed by atoms with van der Waals surface area (Å²) in [4.78, 5) is 21.9. The van der Waals surface area contributed by atoms with Crippen molar-refractivity contribution >= 4 is 17.7 Å². The lowest BCUT2D eigenvalue weighted by Crippen LogP contribution is -2.46. The SMILES string of the molecule is CC1CC(NC(=O)/C=C/c2ccc([N+](=O)[O-])cc2)CCN1. The molecule has 2 rings (SSSR count). The minimum absolute atomic E-state index is 0.0419. The van der Waals surface area contributed by atoms with Crippen LogP contribution in [0, 0.1) is 10.1 Å². The van der Waals surface area contributed by atoms with Crippen molar-refractivity contribution in [1.82, 2.24) is 10.6 Å². The van der Waals surface area contributed by atoms with Gasteiger partial charge >= 0.3 is 0 Å². The van der Waals surface area contributed by atoms with Gasteiger partial charge in [0.25, 0.3) is 5.69 Å². The molecule has 0 aromatic heterocycles. The van der Waals surface area contributed by atoms with Crippen molar-refractivity contribution in [3.05, 3.63) is 46.0 Å². The maximum atomic E-state index is 11.8.